The monoisotopic (exact) mass is 200 g/mol. The zero-order chi connectivity index (χ0) is 11.1. The number of carbonyl (C=O) groups excluding carboxylic acids is 2. The van der Waals surface area contributed by atoms with Gasteiger partial charge in [-0.05, 0) is 6.42 Å². The Morgan fingerprint density at radius 3 is 2.29 bits per heavy atom. The molecule has 0 amide bonds. The van der Waals surface area contributed by atoms with E-state index in [9.17, 15) is 14.7 Å². The van der Waals surface area contributed by atoms with Gasteiger partial charge in [0.25, 0.3) is 0 Å². The minimum absolute atomic E-state index is 0.0293. The molecular weight excluding hydrogens is 180 g/mol. The molecule has 82 valence electrons. The lowest BCUT2D eigenvalue weighted by Gasteiger charge is -2.08. The van der Waals surface area contributed by atoms with E-state index in [1.165, 1.54) is 0 Å². The molecule has 0 aromatic rings. The van der Waals surface area contributed by atoms with Crippen molar-refractivity contribution in [3.63, 3.8) is 0 Å². The van der Waals surface area contributed by atoms with Crippen molar-refractivity contribution in [2.24, 2.45) is 5.92 Å². The molecule has 3 nitrogen and oxygen atoms in total. The topological polar surface area (TPSA) is 54.4 Å². The van der Waals surface area contributed by atoms with Crippen LogP contribution in [0, 0.1) is 5.92 Å². The van der Waals surface area contributed by atoms with E-state index in [2.05, 4.69) is 0 Å². The highest BCUT2D eigenvalue weighted by atomic mass is 16.3. The fourth-order valence-electron chi connectivity index (χ4n) is 1.17. The molecule has 0 bridgehead atoms. The number of hydrogen-bond acceptors (Lipinski definition) is 3. The highest BCUT2D eigenvalue weighted by molar-refractivity contribution is 5.99. The summed E-state index contributed by atoms with van der Waals surface area (Å²) in [5, 5.41) is 9.34. The molecule has 1 atom stereocenters. The van der Waals surface area contributed by atoms with Crippen LogP contribution in [0.5, 0.6) is 0 Å². The minimum atomic E-state index is -0.576. The molecule has 0 heterocycles. The maximum Gasteiger partial charge on any atom is 0.142 e. The number of aliphatic hydroxyl groups excluding tert-OH is 1. The van der Waals surface area contributed by atoms with Crippen LogP contribution in [0.4, 0.5) is 0 Å². The van der Waals surface area contributed by atoms with Crippen molar-refractivity contribution in [2.45, 2.75) is 52.6 Å². The largest absolute Gasteiger partial charge is 0.393 e. The maximum atomic E-state index is 11.3. The van der Waals surface area contributed by atoms with Crippen molar-refractivity contribution in [3.8, 4) is 0 Å². The van der Waals surface area contributed by atoms with Crippen molar-refractivity contribution in [1.29, 1.82) is 0 Å². The summed E-state index contributed by atoms with van der Waals surface area (Å²) in [4.78, 5) is 22.5. The second kappa shape index (κ2) is 6.71. The van der Waals surface area contributed by atoms with Crippen molar-refractivity contribution >= 4 is 11.6 Å². The van der Waals surface area contributed by atoms with Gasteiger partial charge in [-0.1, -0.05) is 27.2 Å². The molecule has 0 rings (SSSR count). The third kappa shape index (κ3) is 5.86. The summed E-state index contributed by atoms with van der Waals surface area (Å²) in [6, 6.07) is 0. The summed E-state index contributed by atoms with van der Waals surface area (Å²) in [7, 11) is 0. The van der Waals surface area contributed by atoms with Crippen LogP contribution in [0.15, 0.2) is 0 Å². The molecule has 0 aliphatic rings. The highest BCUT2D eigenvalue weighted by Crippen LogP contribution is 2.06. The van der Waals surface area contributed by atoms with Gasteiger partial charge in [-0.25, -0.2) is 0 Å². The standard InChI is InChI=1S/C11H20O3/c1-4-5-9(12)6-10(13)7-11(14)8(2)3/h8-9,12H,4-7H2,1-3H3. The van der Waals surface area contributed by atoms with Crippen LogP contribution >= 0.6 is 0 Å². The third-order valence-corrected chi connectivity index (χ3v) is 2.10. The molecule has 1 N–H and O–H groups in total. The van der Waals surface area contributed by atoms with E-state index < -0.39 is 6.10 Å². The number of hydrogen-bond donors (Lipinski definition) is 1. The number of ketones is 2. The second-order valence-electron chi connectivity index (χ2n) is 3.98. The molecule has 0 radical (unpaired) electrons. The Labute approximate surface area is 85.5 Å². The van der Waals surface area contributed by atoms with Crippen LogP contribution in [0.25, 0.3) is 0 Å². The number of Topliss-reactive ketones (excluding diaryl/α,β-unsaturated/α-hetero) is 2. The first-order valence-corrected chi connectivity index (χ1v) is 5.19. The van der Waals surface area contributed by atoms with E-state index >= 15 is 0 Å². The predicted octanol–water partition coefficient (Wildman–Crippen LogP) is 1.72. The second-order valence-corrected chi connectivity index (χ2v) is 3.98. The lowest BCUT2D eigenvalue weighted by atomic mass is 10.00. The number of carbonyl (C=O) groups is 2. The Kier molecular flexibility index (Phi) is 6.37. The summed E-state index contributed by atoms with van der Waals surface area (Å²) in [5.41, 5.74) is 0. The van der Waals surface area contributed by atoms with Crippen LogP contribution in [0.3, 0.4) is 0 Å². The van der Waals surface area contributed by atoms with Crippen molar-refractivity contribution < 1.29 is 14.7 Å². The minimum Gasteiger partial charge on any atom is -0.393 e. The quantitative estimate of drug-likeness (QED) is 0.637. The van der Waals surface area contributed by atoms with Crippen LogP contribution in [-0.4, -0.2) is 22.8 Å². The lowest BCUT2D eigenvalue weighted by Crippen LogP contribution is -2.18. The molecule has 0 saturated carbocycles. The van der Waals surface area contributed by atoms with E-state index in [-0.39, 0.29) is 30.3 Å². The normalized spacial score (nSPS) is 12.9. The highest BCUT2D eigenvalue weighted by Gasteiger charge is 2.15. The molecule has 0 aromatic carbocycles. The van der Waals surface area contributed by atoms with Gasteiger partial charge in [0.1, 0.15) is 11.6 Å². The number of rotatable bonds is 7. The Hall–Kier alpha value is -0.700. The SMILES string of the molecule is CCCC(O)CC(=O)CC(=O)C(C)C. The van der Waals surface area contributed by atoms with E-state index in [1.54, 1.807) is 13.8 Å². The average Bonchev–Trinajstić information content (AvgIpc) is 2.03. The van der Waals surface area contributed by atoms with Gasteiger partial charge < -0.3 is 5.11 Å². The summed E-state index contributed by atoms with van der Waals surface area (Å²) < 4.78 is 0. The van der Waals surface area contributed by atoms with Gasteiger partial charge in [-0.15, -0.1) is 0 Å². The Balaban J connectivity index is 3.81. The summed E-state index contributed by atoms with van der Waals surface area (Å²) >= 11 is 0. The first kappa shape index (κ1) is 13.3. The van der Waals surface area contributed by atoms with Crippen molar-refractivity contribution in [1.82, 2.24) is 0 Å². The van der Waals surface area contributed by atoms with Crippen molar-refractivity contribution in [2.75, 3.05) is 0 Å². The average molecular weight is 200 g/mol. The van der Waals surface area contributed by atoms with Gasteiger partial charge in [0.2, 0.25) is 0 Å². The van der Waals surface area contributed by atoms with E-state index in [1.807, 2.05) is 6.92 Å². The van der Waals surface area contributed by atoms with Gasteiger partial charge in [0, 0.05) is 12.3 Å². The lowest BCUT2D eigenvalue weighted by molar-refractivity contribution is -0.129. The van der Waals surface area contributed by atoms with Crippen LogP contribution < -0.4 is 0 Å². The molecule has 0 spiro atoms. The molecule has 0 fully saturated rings. The van der Waals surface area contributed by atoms with Gasteiger partial charge >= 0.3 is 0 Å². The van der Waals surface area contributed by atoms with E-state index in [0.717, 1.165) is 6.42 Å². The smallest absolute Gasteiger partial charge is 0.142 e. The summed E-state index contributed by atoms with van der Waals surface area (Å²) in [6.45, 7) is 5.50. The molecule has 0 aliphatic heterocycles. The Bertz CT molecular complexity index is 197. The molecule has 0 aliphatic carbocycles. The fraction of sp³-hybridized carbons (Fsp3) is 0.818. The maximum absolute atomic E-state index is 11.3. The van der Waals surface area contributed by atoms with Crippen molar-refractivity contribution in [3.05, 3.63) is 0 Å². The van der Waals surface area contributed by atoms with Gasteiger partial charge in [-0.3, -0.25) is 9.59 Å². The number of aliphatic hydroxyl groups is 1. The van der Waals surface area contributed by atoms with Gasteiger partial charge in [0.15, 0.2) is 0 Å². The van der Waals surface area contributed by atoms with Crippen LogP contribution in [0.1, 0.15) is 46.5 Å². The molecule has 3 heteroatoms. The summed E-state index contributed by atoms with van der Waals surface area (Å²) in [5.74, 6) is -0.286. The predicted molar refractivity (Wildman–Crippen MR) is 55.0 cm³/mol. The summed E-state index contributed by atoms with van der Waals surface area (Å²) in [6.07, 6.45) is 0.992. The van der Waals surface area contributed by atoms with E-state index in [0.29, 0.717) is 6.42 Å². The molecule has 1 unspecified atom stereocenters. The zero-order valence-electron chi connectivity index (χ0n) is 9.25. The van der Waals surface area contributed by atoms with Crippen LogP contribution in [-0.2, 0) is 9.59 Å². The molecular formula is C11H20O3. The molecule has 14 heavy (non-hydrogen) atoms. The fourth-order valence-corrected chi connectivity index (χ4v) is 1.17. The van der Waals surface area contributed by atoms with Gasteiger partial charge in [-0.2, -0.15) is 0 Å². The third-order valence-electron chi connectivity index (χ3n) is 2.10. The molecule has 0 aromatic heterocycles. The van der Waals surface area contributed by atoms with Gasteiger partial charge in [0.05, 0.1) is 12.5 Å². The van der Waals surface area contributed by atoms with Crippen LogP contribution in [0.2, 0.25) is 0 Å². The first-order chi connectivity index (χ1) is 6.47. The zero-order valence-corrected chi connectivity index (χ0v) is 9.25. The first-order valence-electron chi connectivity index (χ1n) is 5.19. The molecule has 0 saturated heterocycles. The van der Waals surface area contributed by atoms with E-state index in [4.69, 9.17) is 0 Å². The Morgan fingerprint density at radius 1 is 1.29 bits per heavy atom. The Morgan fingerprint density at radius 2 is 1.86 bits per heavy atom.